The van der Waals surface area contributed by atoms with Crippen molar-refractivity contribution >= 4 is 43.4 Å². The number of phenolic OH excluding ortho intramolecular Hbond substituents is 1. The minimum absolute atomic E-state index is 0. The molecule has 0 saturated heterocycles. The van der Waals surface area contributed by atoms with Gasteiger partial charge in [-0.05, 0) is 136 Å². The van der Waals surface area contributed by atoms with Crippen LogP contribution in [0.15, 0.2) is 170 Å². The van der Waals surface area contributed by atoms with E-state index in [1.54, 1.807) is 0 Å². The fourth-order valence-corrected chi connectivity index (χ4v) is 11.3. The van der Waals surface area contributed by atoms with Crippen LogP contribution in [0.25, 0.3) is 105 Å². The Hall–Kier alpha value is -7.13. The Balaban J connectivity index is 0.00000672. The molecule has 0 radical (unpaired) electrons. The quantitative estimate of drug-likeness (QED) is 0.122. The molecular weight excluding hydrogens is 1120 g/mol. The molecule has 0 atom stereocenters. The van der Waals surface area contributed by atoms with E-state index in [0.29, 0.717) is 5.82 Å². The van der Waals surface area contributed by atoms with Gasteiger partial charge in [0.2, 0.25) is 0 Å². The second-order valence-electron chi connectivity index (χ2n) is 24.8. The molecule has 0 fully saturated rings. The number of hydrogen-bond acceptors (Lipinski definition) is 3. The van der Waals surface area contributed by atoms with E-state index in [2.05, 4.69) is 264 Å². The molecule has 0 bridgehead atoms. The molecule has 2 aromatic heterocycles. The third-order valence-corrected chi connectivity index (χ3v) is 15.6. The van der Waals surface area contributed by atoms with Crippen LogP contribution in [0.2, 0.25) is 0 Å². The standard InChI is InChI=1S/C72H70N3O.Pt/c1-43(2)59-38-48(46-30-31-58-56-26-18-17-24-54(56)55-25-19-20-27-57(55)61(58)37-46)39-60(44(3)4)67(59)75-65-29-21-28-53(66(65)74-69(75)62-41-52(71(8,9)10)42-63(68(62)76)72(11,12)13)49-34-50(36-51(35-49)70(5,6)7)64-40-47(32-33-73-64)45-22-15-14-16-23-45;/h14-33,35-44,76H,1-13H3;/q-1;. The largest absolute Gasteiger partial charge is 0.507 e. The van der Waals surface area contributed by atoms with Crippen molar-refractivity contribution in [1.29, 1.82) is 0 Å². The van der Waals surface area contributed by atoms with E-state index < -0.39 is 0 Å². The van der Waals surface area contributed by atoms with Crippen molar-refractivity contribution in [3.8, 4) is 67.5 Å². The van der Waals surface area contributed by atoms with Crippen molar-refractivity contribution in [2.45, 2.75) is 118 Å². The monoisotopic (exact) mass is 1190 g/mol. The first kappa shape index (κ1) is 53.3. The van der Waals surface area contributed by atoms with Gasteiger partial charge in [-0.1, -0.05) is 216 Å². The summed E-state index contributed by atoms with van der Waals surface area (Å²) in [6.07, 6.45) is 1.90. The summed E-state index contributed by atoms with van der Waals surface area (Å²) in [7, 11) is 0. The SMILES string of the molecule is CC(C)c1cc(-c2ccc3c4ccccc4c4ccccc4c3c2)cc(C(C)C)c1-n1c(-c2cc(C(C)(C)C)cc(C(C)(C)C)c2O)nc2c(-c3[c-]c(-c4cc(-c5ccccc5)ccn4)cc(C(C)(C)C)c3)cccc21.[Pt]. The van der Waals surface area contributed by atoms with Crippen LogP contribution in [-0.2, 0) is 37.3 Å². The van der Waals surface area contributed by atoms with Gasteiger partial charge in [0.25, 0.3) is 0 Å². The first-order valence-electron chi connectivity index (χ1n) is 27.2. The van der Waals surface area contributed by atoms with Crippen LogP contribution in [-0.4, -0.2) is 19.6 Å². The molecule has 77 heavy (non-hydrogen) atoms. The number of benzene rings is 9. The number of nitrogens with zero attached hydrogens (tertiary/aromatic N) is 3. The summed E-state index contributed by atoms with van der Waals surface area (Å²) in [6, 6.07) is 63.6. The number of fused-ring (bicyclic) bond motifs is 7. The van der Waals surface area contributed by atoms with E-state index in [1.165, 1.54) is 60.1 Å². The first-order valence-corrected chi connectivity index (χ1v) is 27.2. The van der Waals surface area contributed by atoms with Crippen molar-refractivity contribution in [1.82, 2.24) is 14.5 Å². The zero-order valence-electron chi connectivity index (χ0n) is 46.9. The summed E-state index contributed by atoms with van der Waals surface area (Å²) in [5.41, 5.74) is 16.9. The Kier molecular flexibility index (Phi) is 13.9. The summed E-state index contributed by atoms with van der Waals surface area (Å²) in [6.45, 7) is 29.3. The Labute approximate surface area is 470 Å². The summed E-state index contributed by atoms with van der Waals surface area (Å²) >= 11 is 0. The van der Waals surface area contributed by atoms with Crippen molar-refractivity contribution in [2.24, 2.45) is 0 Å². The number of aromatic hydroxyl groups is 1. The van der Waals surface area contributed by atoms with E-state index in [0.717, 1.165) is 66.9 Å². The van der Waals surface area contributed by atoms with Crippen LogP contribution in [0.1, 0.15) is 130 Å². The predicted molar refractivity (Wildman–Crippen MR) is 323 cm³/mol. The van der Waals surface area contributed by atoms with Crippen LogP contribution in [0.4, 0.5) is 0 Å². The molecule has 0 unspecified atom stereocenters. The molecule has 4 nitrogen and oxygen atoms in total. The van der Waals surface area contributed by atoms with Gasteiger partial charge in [-0.2, -0.15) is 0 Å². The molecule has 0 saturated carbocycles. The van der Waals surface area contributed by atoms with Crippen LogP contribution in [0, 0.1) is 6.07 Å². The third kappa shape index (κ3) is 9.73. The molecule has 2 heterocycles. The average molecular weight is 1190 g/mol. The van der Waals surface area contributed by atoms with E-state index in [9.17, 15) is 5.11 Å². The van der Waals surface area contributed by atoms with Gasteiger partial charge in [0.15, 0.2) is 0 Å². The minimum Gasteiger partial charge on any atom is -0.507 e. The second-order valence-corrected chi connectivity index (χ2v) is 24.8. The molecule has 390 valence electrons. The van der Waals surface area contributed by atoms with Crippen LogP contribution >= 0.6 is 0 Å². The molecule has 0 aliphatic heterocycles. The molecule has 0 amide bonds. The van der Waals surface area contributed by atoms with Crippen LogP contribution < -0.4 is 0 Å². The normalized spacial score (nSPS) is 12.4. The molecule has 9 aromatic carbocycles. The maximum Gasteiger partial charge on any atom is 0.148 e. The summed E-state index contributed by atoms with van der Waals surface area (Å²) < 4.78 is 2.39. The van der Waals surface area contributed by atoms with Gasteiger partial charge in [-0.25, -0.2) is 4.98 Å². The molecular formula is C72H70N3OPt-. The number of phenols is 1. The number of aromatic nitrogens is 3. The molecule has 5 heteroatoms. The van der Waals surface area contributed by atoms with Gasteiger partial charge in [-0.3, -0.25) is 9.55 Å². The molecule has 1 N–H and O–H groups in total. The zero-order chi connectivity index (χ0) is 53.6. The fraction of sp³-hybridized carbons (Fsp3) is 0.250. The molecule has 0 aliphatic carbocycles. The number of hydrogen-bond donors (Lipinski definition) is 1. The number of rotatable bonds is 8. The summed E-state index contributed by atoms with van der Waals surface area (Å²) in [4.78, 5) is 10.8. The zero-order valence-corrected chi connectivity index (χ0v) is 49.2. The van der Waals surface area contributed by atoms with Gasteiger partial charge in [-0.15, -0.1) is 29.3 Å². The predicted octanol–water partition coefficient (Wildman–Crippen LogP) is 19.9. The van der Waals surface area contributed by atoms with Crippen molar-refractivity contribution in [3.63, 3.8) is 0 Å². The molecule has 0 aliphatic rings. The van der Waals surface area contributed by atoms with E-state index >= 15 is 0 Å². The molecule has 11 rings (SSSR count). The Morgan fingerprint density at radius 2 is 1.01 bits per heavy atom. The van der Waals surface area contributed by atoms with Gasteiger partial charge < -0.3 is 5.11 Å². The summed E-state index contributed by atoms with van der Waals surface area (Å²) in [5.74, 6) is 1.23. The maximum absolute atomic E-state index is 12.9. The Bertz CT molecular complexity index is 4000. The Morgan fingerprint density at radius 3 is 1.60 bits per heavy atom. The average Bonchev–Trinajstić information content (AvgIpc) is 3.84. The van der Waals surface area contributed by atoms with Crippen molar-refractivity contribution in [3.05, 3.63) is 204 Å². The van der Waals surface area contributed by atoms with E-state index in [1.807, 2.05) is 6.20 Å². The minimum atomic E-state index is -0.349. The third-order valence-electron chi connectivity index (χ3n) is 15.6. The van der Waals surface area contributed by atoms with Gasteiger partial charge >= 0.3 is 0 Å². The van der Waals surface area contributed by atoms with Crippen molar-refractivity contribution in [2.75, 3.05) is 0 Å². The first-order chi connectivity index (χ1) is 36.2. The number of pyridine rings is 1. The van der Waals surface area contributed by atoms with Gasteiger partial charge in [0.05, 0.1) is 22.3 Å². The van der Waals surface area contributed by atoms with Crippen LogP contribution in [0.5, 0.6) is 5.75 Å². The second kappa shape index (κ2) is 20.0. The number of imidazole rings is 1. The molecule has 0 spiro atoms. The van der Waals surface area contributed by atoms with Gasteiger partial charge in [0.1, 0.15) is 11.6 Å². The fourth-order valence-electron chi connectivity index (χ4n) is 11.3. The topological polar surface area (TPSA) is 50.9 Å². The van der Waals surface area contributed by atoms with Gasteiger partial charge in [0, 0.05) is 38.5 Å². The smallest absolute Gasteiger partial charge is 0.148 e. The molecule has 11 aromatic rings. The summed E-state index contributed by atoms with van der Waals surface area (Å²) in [5, 5.41) is 20.4. The van der Waals surface area contributed by atoms with E-state index in [4.69, 9.17) is 9.97 Å². The number of para-hydroxylation sites is 1. The maximum atomic E-state index is 12.9. The van der Waals surface area contributed by atoms with E-state index in [-0.39, 0.29) is 54.9 Å². The van der Waals surface area contributed by atoms with Crippen molar-refractivity contribution < 1.29 is 26.2 Å². The Morgan fingerprint density at radius 1 is 0.468 bits per heavy atom. The van der Waals surface area contributed by atoms with Crippen LogP contribution in [0.3, 0.4) is 0 Å².